The van der Waals surface area contributed by atoms with E-state index in [9.17, 15) is 0 Å². The fourth-order valence-electron chi connectivity index (χ4n) is 2.12. The maximum atomic E-state index is 5.50. The van der Waals surface area contributed by atoms with Crippen molar-refractivity contribution >= 4 is 15.9 Å². The van der Waals surface area contributed by atoms with E-state index in [1.54, 1.807) is 6.26 Å². The SMILES string of the molecule is CCOc1ccc(C(NC)c2coc(C)c2)c(Br)c1. The molecule has 0 aliphatic heterocycles. The normalized spacial score (nSPS) is 12.4. The van der Waals surface area contributed by atoms with Gasteiger partial charge >= 0.3 is 0 Å². The Balaban J connectivity index is 2.33. The van der Waals surface area contributed by atoms with Gasteiger partial charge in [-0.25, -0.2) is 0 Å². The number of aryl methyl sites for hydroxylation is 1. The van der Waals surface area contributed by atoms with Crippen LogP contribution < -0.4 is 10.1 Å². The molecule has 1 N–H and O–H groups in total. The van der Waals surface area contributed by atoms with Crippen molar-refractivity contribution in [3.05, 3.63) is 51.9 Å². The van der Waals surface area contributed by atoms with E-state index < -0.39 is 0 Å². The molecule has 1 atom stereocenters. The number of benzene rings is 1. The molecular formula is C15H18BrNO2. The first-order valence-corrected chi connectivity index (χ1v) is 7.09. The molecule has 1 aromatic heterocycles. The molecule has 0 bridgehead atoms. The lowest BCUT2D eigenvalue weighted by atomic mass is 10.0. The first-order chi connectivity index (χ1) is 9.15. The minimum atomic E-state index is 0.0995. The summed E-state index contributed by atoms with van der Waals surface area (Å²) in [4.78, 5) is 0. The van der Waals surface area contributed by atoms with Crippen LogP contribution in [0.3, 0.4) is 0 Å². The monoisotopic (exact) mass is 323 g/mol. The molecule has 2 aromatic rings. The second-order valence-electron chi connectivity index (χ2n) is 4.33. The Kier molecular flexibility index (Phi) is 4.66. The van der Waals surface area contributed by atoms with Crippen LogP contribution in [0.15, 0.2) is 39.4 Å². The van der Waals surface area contributed by atoms with E-state index in [0.717, 1.165) is 27.1 Å². The smallest absolute Gasteiger partial charge is 0.120 e. The summed E-state index contributed by atoms with van der Waals surface area (Å²) in [6, 6.07) is 8.20. The summed E-state index contributed by atoms with van der Waals surface area (Å²) in [6.07, 6.45) is 1.79. The Labute approximate surface area is 122 Å². The topological polar surface area (TPSA) is 34.4 Å². The van der Waals surface area contributed by atoms with Crippen LogP contribution >= 0.6 is 15.9 Å². The van der Waals surface area contributed by atoms with Crippen molar-refractivity contribution in [1.82, 2.24) is 5.32 Å². The molecule has 1 aromatic carbocycles. The van der Waals surface area contributed by atoms with Crippen molar-refractivity contribution < 1.29 is 9.15 Å². The average Bonchev–Trinajstić information content (AvgIpc) is 2.80. The van der Waals surface area contributed by atoms with Crippen LogP contribution in [0.2, 0.25) is 0 Å². The number of rotatable bonds is 5. The highest BCUT2D eigenvalue weighted by atomic mass is 79.9. The number of nitrogens with one attached hydrogen (secondary N) is 1. The van der Waals surface area contributed by atoms with Crippen molar-refractivity contribution in [2.45, 2.75) is 19.9 Å². The quantitative estimate of drug-likeness (QED) is 0.901. The van der Waals surface area contributed by atoms with Crippen LogP contribution in [0.5, 0.6) is 5.75 Å². The van der Waals surface area contributed by atoms with Gasteiger partial charge in [-0.3, -0.25) is 0 Å². The molecule has 0 fully saturated rings. The fourth-order valence-corrected chi connectivity index (χ4v) is 2.70. The van der Waals surface area contributed by atoms with Gasteiger partial charge in [0.15, 0.2) is 0 Å². The maximum Gasteiger partial charge on any atom is 0.120 e. The third-order valence-corrected chi connectivity index (χ3v) is 3.65. The summed E-state index contributed by atoms with van der Waals surface area (Å²) in [5.41, 5.74) is 2.27. The highest BCUT2D eigenvalue weighted by Crippen LogP contribution is 2.32. The molecule has 0 spiro atoms. The average molecular weight is 324 g/mol. The highest BCUT2D eigenvalue weighted by molar-refractivity contribution is 9.10. The van der Waals surface area contributed by atoms with Crippen LogP contribution in [0.1, 0.15) is 29.9 Å². The Hall–Kier alpha value is -1.26. The van der Waals surface area contributed by atoms with Crippen molar-refractivity contribution in [3.63, 3.8) is 0 Å². The lowest BCUT2D eigenvalue weighted by Gasteiger charge is -2.17. The van der Waals surface area contributed by atoms with Gasteiger partial charge in [-0.2, -0.15) is 0 Å². The van der Waals surface area contributed by atoms with Gasteiger partial charge in [0, 0.05) is 10.0 Å². The minimum absolute atomic E-state index is 0.0995. The number of hydrogen-bond donors (Lipinski definition) is 1. The van der Waals surface area contributed by atoms with Crippen molar-refractivity contribution in [3.8, 4) is 5.75 Å². The molecule has 0 radical (unpaired) electrons. The molecule has 0 amide bonds. The summed E-state index contributed by atoms with van der Waals surface area (Å²) in [7, 11) is 1.94. The van der Waals surface area contributed by atoms with Crippen molar-refractivity contribution in [2.24, 2.45) is 0 Å². The third kappa shape index (κ3) is 3.19. The molecule has 0 aliphatic rings. The van der Waals surface area contributed by atoms with E-state index in [1.165, 1.54) is 0 Å². The van der Waals surface area contributed by atoms with Gasteiger partial charge in [0.2, 0.25) is 0 Å². The van der Waals surface area contributed by atoms with E-state index in [-0.39, 0.29) is 6.04 Å². The van der Waals surface area contributed by atoms with Crippen molar-refractivity contribution in [1.29, 1.82) is 0 Å². The van der Waals surface area contributed by atoms with Crippen LogP contribution in [0.25, 0.3) is 0 Å². The second-order valence-corrected chi connectivity index (χ2v) is 5.18. The van der Waals surface area contributed by atoms with Crippen LogP contribution in [-0.2, 0) is 0 Å². The van der Waals surface area contributed by atoms with Crippen LogP contribution in [0, 0.1) is 6.92 Å². The van der Waals surface area contributed by atoms with E-state index in [1.807, 2.05) is 39.1 Å². The van der Waals surface area contributed by atoms with Crippen LogP contribution in [0.4, 0.5) is 0 Å². The zero-order valence-corrected chi connectivity index (χ0v) is 13.0. The van der Waals surface area contributed by atoms with Gasteiger partial charge in [-0.15, -0.1) is 0 Å². The van der Waals surface area contributed by atoms with Gasteiger partial charge < -0.3 is 14.5 Å². The number of hydrogen-bond acceptors (Lipinski definition) is 3. The molecule has 1 unspecified atom stereocenters. The molecule has 19 heavy (non-hydrogen) atoms. The predicted octanol–water partition coefficient (Wildman–Crippen LogP) is 4.06. The molecule has 3 nitrogen and oxygen atoms in total. The summed E-state index contributed by atoms with van der Waals surface area (Å²) in [6.45, 7) is 4.60. The zero-order valence-electron chi connectivity index (χ0n) is 11.4. The molecule has 0 saturated carbocycles. The minimum Gasteiger partial charge on any atom is -0.494 e. The fraction of sp³-hybridized carbons (Fsp3) is 0.333. The molecule has 1 heterocycles. The van der Waals surface area contributed by atoms with Crippen LogP contribution in [-0.4, -0.2) is 13.7 Å². The van der Waals surface area contributed by atoms with Gasteiger partial charge in [-0.1, -0.05) is 22.0 Å². The maximum absolute atomic E-state index is 5.50. The largest absolute Gasteiger partial charge is 0.494 e. The molecule has 0 saturated heterocycles. The highest BCUT2D eigenvalue weighted by Gasteiger charge is 2.17. The Morgan fingerprint density at radius 2 is 2.16 bits per heavy atom. The van der Waals surface area contributed by atoms with Gasteiger partial charge in [0.25, 0.3) is 0 Å². The summed E-state index contributed by atoms with van der Waals surface area (Å²) in [5, 5.41) is 3.31. The molecule has 2 rings (SSSR count). The predicted molar refractivity (Wildman–Crippen MR) is 79.7 cm³/mol. The number of furan rings is 1. The number of ether oxygens (including phenoxy) is 1. The third-order valence-electron chi connectivity index (χ3n) is 2.97. The molecular weight excluding hydrogens is 306 g/mol. The lowest BCUT2D eigenvalue weighted by Crippen LogP contribution is -2.17. The van der Waals surface area contributed by atoms with E-state index in [4.69, 9.17) is 9.15 Å². The van der Waals surface area contributed by atoms with Gasteiger partial charge in [0.05, 0.1) is 18.9 Å². The van der Waals surface area contributed by atoms with Gasteiger partial charge in [0.1, 0.15) is 11.5 Å². The molecule has 0 aliphatic carbocycles. The van der Waals surface area contributed by atoms with E-state index >= 15 is 0 Å². The summed E-state index contributed by atoms with van der Waals surface area (Å²) < 4.78 is 11.9. The Morgan fingerprint density at radius 3 is 2.68 bits per heavy atom. The first-order valence-electron chi connectivity index (χ1n) is 6.30. The molecule has 4 heteroatoms. The Morgan fingerprint density at radius 1 is 1.37 bits per heavy atom. The molecule has 102 valence electrons. The Bertz CT molecular complexity index is 551. The lowest BCUT2D eigenvalue weighted by molar-refractivity contribution is 0.340. The van der Waals surface area contributed by atoms with Crippen molar-refractivity contribution in [2.75, 3.05) is 13.7 Å². The van der Waals surface area contributed by atoms with E-state index in [2.05, 4.69) is 27.3 Å². The zero-order chi connectivity index (χ0) is 13.8. The van der Waals surface area contributed by atoms with E-state index in [0.29, 0.717) is 6.61 Å². The first kappa shape index (κ1) is 14.2. The second kappa shape index (κ2) is 6.26. The number of halogens is 1. The standard InChI is InChI=1S/C15H18BrNO2/c1-4-18-12-5-6-13(14(16)8-12)15(17-3)11-7-10(2)19-9-11/h5-9,15,17H,4H2,1-3H3. The van der Waals surface area contributed by atoms with Gasteiger partial charge in [-0.05, 0) is 44.7 Å². The summed E-state index contributed by atoms with van der Waals surface area (Å²) in [5.74, 6) is 1.79. The summed E-state index contributed by atoms with van der Waals surface area (Å²) >= 11 is 3.61.